The van der Waals surface area contributed by atoms with Crippen LogP contribution < -0.4 is 0 Å². The van der Waals surface area contributed by atoms with Crippen molar-refractivity contribution < 1.29 is 9.53 Å². The summed E-state index contributed by atoms with van der Waals surface area (Å²) in [5.41, 5.74) is 1.96. The van der Waals surface area contributed by atoms with Crippen LogP contribution in [0.5, 0.6) is 0 Å². The van der Waals surface area contributed by atoms with Crippen LogP contribution in [0.1, 0.15) is 38.7 Å². The summed E-state index contributed by atoms with van der Waals surface area (Å²) in [7, 11) is 0. The molecule has 0 amide bonds. The number of hydrogen-bond acceptors (Lipinski definition) is 2. The van der Waals surface area contributed by atoms with E-state index in [1.165, 1.54) is 5.56 Å². The zero-order valence-corrected chi connectivity index (χ0v) is 12.0. The molecule has 2 nitrogen and oxygen atoms in total. The Kier molecular flexibility index (Phi) is 3.79. The first-order valence-electron chi connectivity index (χ1n) is 6.81. The third-order valence-corrected chi connectivity index (χ3v) is 4.23. The molecule has 1 aliphatic rings. The first-order valence-corrected chi connectivity index (χ1v) is 6.81. The molecule has 0 unspecified atom stereocenters. The van der Waals surface area contributed by atoms with Gasteiger partial charge < -0.3 is 4.74 Å². The van der Waals surface area contributed by atoms with Crippen molar-refractivity contribution >= 4 is 5.97 Å². The van der Waals surface area contributed by atoms with Gasteiger partial charge in [-0.1, -0.05) is 50.8 Å². The van der Waals surface area contributed by atoms with Gasteiger partial charge in [0.1, 0.15) is 0 Å². The zero-order valence-electron chi connectivity index (χ0n) is 12.0. The van der Waals surface area contributed by atoms with Gasteiger partial charge in [0.2, 0.25) is 0 Å². The normalized spacial score (nSPS) is 26.6. The molecule has 2 heteroatoms. The lowest BCUT2D eigenvalue weighted by atomic mass is 9.91. The summed E-state index contributed by atoms with van der Waals surface area (Å²) >= 11 is 0. The van der Waals surface area contributed by atoms with E-state index >= 15 is 0 Å². The van der Waals surface area contributed by atoms with Crippen molar-refractivity contribution in [3.8, 4) is 0 Å². The van der Waals surface area contributed by atoms with E-state index in [-0.39, 0.29) is 11.4 Å². The molecular weight excluding hydrogens is 236 g/mol. The smallest absolute Gasteiger partial charge is 0.333 e. The van der Waals surface area contributed by atoms with E-state index in [9.17, 15) is 4.79 Å². The Bertz CT molecular complexity index is 477. The van der Waals surface area contributed by atoms with Crippen LogP contribution in [0, 0.1) is 11.3 Å². The molecule has 0 saturated heterocycles. The second kappa shape index (κ2) is 5.20. The Morgan fingerprint density at radius 2 is 2.11 bits per heavy atom. The van der Waals surface area contributed by atoms with Crippen LogP contribution in [0.3, 0.4) is 0 Å². The maximum absolute atomic E-state index is 11.4. The van der Waals surface area contributed by atoms with Gasteiger partial charge >= 0.3 is 5.97 Å². The van der Waals surface area contributed by atoms with Crippen LogP contribution in [0.15, 0.2) is 42.5 Å². The number of hydrogen-bond donors (Lipinski definition) is 0. The standard InChI is InChI=1S/C17H22O2/c1-12(2)16(18)19-11-17(4)10-15(17)13(3)14-8-6-5-7-9-14/h5-9,13,15H,1,10-11H2,2-4H3/t13-,15+,17+/m1/s1. The Hall–Kier alpha value is -1.57. The summed E-state index contributed by atoms with van der Waals surface area (Å²) in [5, 5.41) is 0. The summed E-state index contributed by atoms with van der Waals surface area (Å²) < 4.78 is 5.31. The number of carbonyl (C=O) groups excluding carboxylic acids is 1. The van der Waals surface area contributed by atoms with E-state index in [4.69, 9.17) is 4.74 Å². The predicted molar refractivity (Wildman–Crippen MR) is 76.8 cm³/mol. The Morgan fingerprint density at radius 1 is 1.47 bits per heavy atom. The van der Waals surface area contributed by atoms with Crippen LogP contribution >= 0.6 is 0 Å². The van der Waals surface area contributed by atoms with Crippen LogP contribution in [-0.4, -0.2) is 12.6 Å². The Labute approximate surface area is 115 Å². The minimum absolute atomic E-state index is 0.125. The van der Waals surface area contributed by atoms with Crippen molar-refractivity contribution in [3.05, 3.63) is 48.0 Å². The molecular formula is C17H22O2. The third kappa shape index (κ3) is 3.06. The predicted octanol–water partition coefficient (Wildman–Crippen LogP) is 3.94. The van der Waals surface area contributed by atoms with Crippen molar-refractivity contribution in [1.82, 2.24) is 0 Å². The lowest BCUT2D eigenvalue weighted by Crippen LogP contribution is -2.16. The summed E-state index contributed by atoms with van der Waals surface area (Å²) in [5.74, 6) is 0.821. The van der Waals surface area contributed by atoms with Gasteiger partial charge in [-0.15, -0.1) is 0 Å². The monoisotopic (exact) mass is 258 g/mol. The molecule has 0 N–H and O–H groups in total. The highest BCUT2D eigenvalue weighted by Gasteiger charge is 2.53. The fourth-order valence-electron chi connectivity index (χ4n) is 2.73. The molecule has 0 radical (unpaired) electrons. The highest BCUT2D eigenvalue weighted by atomic mass is 16.5. The maximum Gasteiger partial charge on any atom is 0.333 e. The molecule has 0 aromatic heterocycles. The van der Waals surface area contributed by atoms with Crippen molar-refractivity contribution in [2.75, 3.05) is 6.61 Å². The SMILES string of the molecule is C=C(C)C(=O)OC[C@]1(C)C[C@H]1[C@H](C)c1ccccc1. The van der Waals surface area contributed by atoms with Gasteiger partial charge in [-0.25, -0.2) is 4.79 Å². The Balaban J connectivity index is 1.92. The van der Waals surface area contributed by atoms with E-state index in [0.29, 0.717) is 24.0 Å². The van der Waals surface area contributed by atoms with E-state index in [2.05, 4.69) is 44.7 Å². The molecule has 0 heterocycles. The molecule has 2 rings (SSSR count). The van der Waals surface area contributed by atoms with Crippen molar-refractivity contribution in [3.63, 3.8) is 0 Å². The van der Waals surface area contributed by atoms with Gasteiger partial charge in [-0.2, -0.15) is 0 Å². The van der Waals surface area contributed by atoms with Gasteiger partial charge in [0.05, 0.1) is 6.61 Å². The first kappa shape index (κ1) is 13.9. The lowest BCUT2D eigenvalue weighted by molar-refractivity contribution is -0.140. The molecule has 19 heavy (non-hydrogen) atoms. The molecule has 1 aromatic rings. The van der Waals surface area contributed by atoms with Gasteiger partial charge in [0, 0.05) is 11.0 Å². The van der Waals surface area contributed by atoms with Crippen LogP contribution in [0.25, 0.3) is 0 Å². The molecule has 0 aliphatic heterocycles. The number of rotatable bonds is 5. The molecule has 3 atom stereocenters. The second-order valence-corrected chi connectivity index (χ2v) is 6.02. The molecule has 1 aromatic carbocycles. The Morgan fingerprint density at radius 3 is 2.68 bits per heavy atom. The van der Waals surface area contributed by atoms with Crippen LogP contribution in [0.2, 0.25) is 0 Å². The largest absolute Gasteiger partial charge is 0.462 e. The van der Waals surface area contributed by atoms with Crippen LogP contribution in [-0.2, 0) is 9.53 Å². The van der Waals surface area contributed by atoms with Crippen molar-refractivity contribution in [2.45, 2.75) is 33.1 Å². The lowest BCUT2D eigenvalue weighted by Gasteiger charge is -2.17. The van der Waals surface area contributed by atoms with Gasteiger partial charge in [0.25, 0.3) is 0 Å². The van der Waals surface area contributed by atoms with Crippen LogP contribution in [0.4, 0.5) is 0 Å². The molecule has 1 aliphatic carbocycles. The average molecular weight is 258 g/mol. The summed E-state index contributed by atoms with van der Waals surface area (Å²) in [4.78, 5) is 11.4. The van der Waals surface area contributed by atoms with Gasteiger partial charge in [-0.05, 0) is 30.7 Å². The number of esters is 1. The quantitative estimate of drug-likeness (QED) is 0.590. The molecule has 0 spiro atoms. The minimum atomic E-state index is -0.278. The van der Waals surface area contributed by atoms with E-state index < -0.39 is 0 Å². The highest BCUT2D eigenvalue weighted by Crippen LogP contribution is 2.58. The topological polar surface area (TPSA) is 26.3 Å². The fraction of sp³-hybridized carbons (Fsp3) is 0.471. The minimum Gasteiger partial charge on any atom is -0.462 e. The highest BCUT2D eigenvalue weighted by molar-refractivity contribution is 5.86. The molecule has 1 fully saturated rings. The molecule has 102 valence electrons. The van der Waals surface area contributed by atoms with E-state index in [1.54, 1.807) is 6.92 Å². The van der Waals surface area contributed by atoms with Crippen molar-refractivity contribution in [1.29, 1.82) is 0 Å². The average Bonchev–Trinajstić information content (AvgIpc) is 3.08. The molecule has 1 saturated carbocycles. The number of carbonyl (C=O) groups is 1. The van der Waals surface area contributed by atoms with Gasteiger partial charge in [0.15, 0.2) is 0 Å². The molecule has 0 bridgehead atoms. The first-order chi connectivity index (χ1) is 8.94. The van der Waals surface area contributed by atoms with E-state index in [1.807, 2.05) is 6.07 Å². The maximum atomic E-state index is 11.4. The summed E-state index contributed by atoms with van der Waals surface area (Å²) in [6, 6.07) is 10.5. The third-order valence-electron chi connectivity index (χ3n) is 4.23. The van der Waals surface area contributed by atoms with Crippen molar-refractivity contribution in [2.24, 2.45) is 11.3 Å². The fourth-order valence-corrected chi connectivity index (χ4v) is 2.73. The number of benzene rings is 1. The summed E-state index contributed by atoms with van der Waals surface area (Å²) in [6.45, 7) is 10.2. The zero-order chi connectivity index (χ0) is 14.0. The van der Waals surface area contributed by atoms with Gasteiger partial charge in [-0.3, -0.25) is 0 Å². The summed E-state index contributed by atoms with van der Waals surface area (Å²) in [6.07, 6.45) is 1.12. The number of ether oxygens (including phenoxy) is 1. The second-order valence-electron chi connectivity index (χ2n) is 6.02. The van der Waals surface area contributed by atoms with E-state index in [0.717, 1.165) is 6.42 Å².